The quantitative estimate of drug-likeness (QED) is 0.585. The number of aryl methyl sites for hydroxylation is 2. The number of carbonyl (C=O) groups is 1. The molecule has 10 heavy (non-hydrogen) atoms. The van der Waals surface area contributed by atoms with Gasteiger partial charge in [-0.1, -0.05) is 6.92 Å². The maximum absolute atomic E-state index is 10.2. The van der Waals surface area contributed by atoms with Gasteiger partial charge in [0.1, 0.15) is 5.76 Å². The van der Waals surface area contributed by atoms with Gasteiger partial charge in [0.25, 0.3) is 0 Å². The third kappa shape index (κ3) is 1.10. The smallest absolute Gasteiger partial charge is 0.185 e. The molecule has 0 N–H and O–H groups in total. The van der Waals surface area contributed by atoms with Gasteiger partial charge in [0.15, 0.2) is 12.0 Å². The Kier molecular flexibility index (Phi) is 1.90. The Morgan fingerprint density at radius 2 is 2.40 bits per heavy atom. The molecule has 1 heterocycles. The first-order valence-electron chi connectivity index (χ1n) is 3.32. The average molecular weight is 138 g/mol. The first-order valence-corrected chi connectivity index (χ1v) is 3.32. The van der Waals surface area contributed by atoms with E-state index >= 15 is 0 Å². The van der Waals surface area contributed by atoms with E-state index in [0.717, 1.165) is 24.0 Å². The summed E-state index contributed by atoms with van der Waals surface area (Å²) in [7, 11) is 0. The molecule has 54 valence electrons. The van der Waals surface area contributed by atoms with Gasteiger partial charge < -0.3 is 4.42 Å². The second-order valence-corrected chi connectivity index (χ2v) is 2.23. The van der Waals surface area contributed by atoms with Gasteiger partial charge in [0, 0.05) is 6.42 Å². The molecule has 0 radical (unpaired) electrons. The fourth-order valence-corrected chi connectivity index (χ4v) is 0.955. The molecular formula is C8H10O2. The van der Waals surface area contributed by atoms with Crippen LogP contribution in [-0.2, 0) is 6.42 Å². The molecule has 0 fully saturated rings. The fourth-order valence-electron chi connectivity index (χ4n) is 0.955. The minimum Gasteiger partial charge on any atom is -0.458 e. The van der Waals surface area contributed by atoms with E-state index in [-0.39, 0.29) is 0 Å². The van der Waals surface area contributed by atoms with Crippen LogP contribution in [0.25, 0.3) is 0 Å². The van der Waals surface area contributed by atoms with E-state index in [9.17, 15) is 4.79 Å². The minimum atomic E-state index is 0.425. The van der Waals surface area contributed by atoms with E-state index in [0.29, 0.717) is 5.76 Å². The first-order chi connectivity index (χ1) is 4.77. The third-order valence-electron chi connectivity index (χ3n) is 1.48. The number of aldehydes is 1. The van der Waals surface area contributed by atoms with E-state index in [1.165, 1.54) is 0 Å². The fraction of sp³-hybridized carbons (Fsp3) is 0.375. The van der Waals surface area contributed by atoms with Crippen LogP contribution in [0.3, 0.4) is 0 Å². The number of hydrogen-bond donors (Lipinski definition) is 0. The molecule has 2 heteroatoms. The second-order valence-electron chi connectivity index (χ2n) is 2.23. The maximum atomic E-state index is 10.2. The molecule has 1 aromatic rings. The highest BCUT2D eigenvalue weighted by atomic mass is 16.3. The summed E-state index contributed by atoms with van der Waals surface area (Å²) in [5.74, 6) is 1.33. The summed E-state index contributed by atoms with van der Waals surface area (Å²) in [5.41, 5.74) is 1.06. The highest BCUT2D eigenvalue weighted by molar-refractivity contribution is 5.71. The highest BCUT2D eigenvalue weighted by Crippen LogP contribution is 2.12. The summed E-state index contributed by atoms with van der Waals surface area (Å²) in [5, 5.41) is 0. The van der Waals surface area contributed by atoms with E-state index in [4.69, 9.17) is 4.42 Å². The summed E-state index contributed by atoms with van der Waals surface area (Å²) >= 11 is 0. The van der Waals surface area contributed by atoms with Crippen LogP contribution in [0.15, 0.2) is 10.5 Å². The van der Waals surface area contributed by atoms with Gasteiger partial charge in [-0.2, -0.15) is 0 Å². The van der Waals surface area contributed by atoms with Crippen molar-refractivity contribution in [2.45, 2.75) is 20.3 Å². The Morgan fingerprint density at radius 1 is 1.70 bits per heavy atom. The molecule has 1 rings (SSSR count). The maximum Gasteiger partial charge on any atom is 0.185 e. The van der Waals surface area contributed by atoms with Gasteiger partial charge >= 0.3 is 0 Å². The molecular weight excluding hydrogens is 128 g/mol. The van der Waals surface area contributed by atoms with Crippen LogP contribution in [0.2, 0.25) is 0 Å². The van der Waals surface area contributed by atoms with E-state index in [2.05, 4.69) is 0 Å². The molecule has 0 atom stereocenters. The summed E-state index contributed by atoms with van der Waals surface area (Å²) < 4.78 is 5.14. The molecule has 0 saturated carbocycles. The summed E-state index contributed by atoms with van der Waals surface area (Å²) in [4.78, 5) is 10.2. The molecule has 0 bridgehead atoms. The monoisotopic (exact) mass is 138 g/mol. The summed E-state index contributed by atoms with van der Waals surface area (Å²) in [6.07, 6.45) is 1.58. The largest absolute Gasteiger partial charge is 0.458 e. The normalized spacial score (nSPS) is 9.80. The van der Waals surface area contributed by atoms with Crippen LogP contribution in [0.5, 0.6) is 0 Å². The van der Waals surface area contributed by atoms with Crippen LogP contribution in [0.4, 0.5) is 0 Å². The predicted octanol–water partition coefficient (Wildman–Crippen LogP) is 1.96. The van der Waals surface area contributed by atoms with Crippen molar-refractivity contribution >= 4 is 6.29 Å². The van der Waals surface area contributed by atoms with E-state index < -0.39 is 0 Å². The number of hydrogen-bond acceptors (Lipinski definition) is 2. The van der Waals surface area contributed by atoms with E-state index in [1.807, 2.05) is 13.8 Å². The van der Waals surface area contributed by atoms with Crippen molar-refractivity contribution in [3.05, 3.63) is 23.2 Å². The van der Waals surface area contributed by atoms with Crippen molar-refractivity contribution in [1.82, 2.24) is 0 Å². The molecule has 0 spiro atoms. The lowest BCUT2D eigenvalue weighted by Gasteiger charge is -1.87. The van der Waals surface area contributed by atoms with Crippen molar-refractivity contribution < 1.29 is 9.21 Å². The standard InChI is InChI=1S/C8H10O2/c1-3-8-6(2)4-7(5-9)10-8/h4-5H,3H2,1-2H3. The van der Waals surface area contributed by atoms with Gasteiger partial charge in [-0.25, -0.2) is 0 Å². The third-order valence-corrected chi connectivity index (χ3v) is 1.48. The lowest BCUT2D eigenvalue weighted by molar-refractivity contribution is 0.109. The molecule has 0 aliphatic carbocycles. The van der Waals surface area contributed by atoms with Crippen LogP contribution >= 0.6 is 0 Å². The van der Waals surface area contributed by atoms with Crippen molar-refractivity contribution in [3.8, 4) is 0 Å². The Morgan fingerprint density at radius 3 is 2.70 bits per heavy atom. The van der Waals surface area contributed by atoms with Crippen LogP contribution in [-0.4, -0.2) is 6.29 Å². The molecule has 0 aliphatic rings. The van der Waals surface area contributed by atoms with E-state index in [1.54, 1.807) is 6.07 Å². The summed E-state index contributed by atoms with van der Waals surface area (Å²) in [6.45, 7) is 3.94. The molecule has 0 saturated heterocycles. The molecule has 0 aliphatic heterocycles. The predicted molar refractivity (Wildman–Crippen MR) is 38.2 cm³/mol. The molecule has 0 unspecified atom stereocenters. The number of rotatable bonds is 2. The topological polar surface area (TPSA) is 30.2 Å². The van der Waals surface area contributed by atoms with Gasteiger partial charge in [0.05, 0.1) is 0 Å². The Labute approximate surface area is 59.8 Å². The van der Waals surface area contributed by atoms with Crippen LogP contribution in [0, 0.1) is 6.92 Å². The molecule has 0 aromatic carbocycles. The number of furan rings is 1. The lowest BCUT2D eigenvalue weighted by atomic mass is 10.2. The van der Waals surface area contributed by atoms with Crippen molar-refractivity contribution in [2.75, 3.05) is 0 Å². The Hall–Kier alpha value is -1.05. The number of carbonyl (C=O) groups excluding carboxylic acids is 1. The van der Waals surface area contributed by atoms with Gasteiger partial charge in [-0.05, 0) is 18.6 Å². The molecule has 2 nitrogen and oxygen atoms in total. The zero-order valence-electron chi connectivity index (χ0n) is 6.18. The minimum absolute atomic E-state index is 0.425. The van der Waals surface area contributed by atoms with Crippen LogP contribution < -0.4 is 0 Å². The van der Waals surface area contributed by atoms with Gasteiger partial charge in [-0.3, -0.25) is 4.79 Å². The van der Waals surface area contributed by atoms with Gasteiger partial charge in [-0.15, -0.1) is 0 Å². The lowest BCUT2D eigenvalue weighted by Crippen LogP contribution is -1.75. The Balaban J connectivity index is 3.03. The van der Waals surface area contributed by atoms with Crippen LogP contribution in [0.1, 0.15) is 28.8 Å². The second kappa shape index (κ2) is 2.69. The van der Waals surface area contributed by atoms with Crippen molar-refractivity contribution in [3.63, 3.8) is 0 Å². The van der Waals surface area contributed by atoms with Crippen molar-refractivity contribution in [2.24, 2.45) is 0 Å². The highest BCUT2D eigenvalue weighted by Gasteiger charge is 2.02. The van der Waals surface area contributed by atoms with Gasteiger partial charge in [0.2, 0.25) is 0 Å². The zero-order valence-corrected chi connectivity index (χ0v) is 6.18. The molecule has 0 amide bonds. The average Bonchev–Trinajstić information content (AvgIpc) is 2.30. The Bertz CT molecular complexity index is 235. The zero-order chi connectivity index (χ0) is 7.56. The van der Waals surface area contributed by atoms with Crippen molar-refractivity contribution in [1.29, 1.82) is 0 Å². The SMILES string of the molecule is CCc1oc(C=O)cc1C. The first kappa shape index (κ1) is 7.06. The molecule has 1 aromatic heterocycles. The summed E-state index contributed by atoms with van der Waals surface area (Å²) in [6, 6.07) is 1.76.